The number of nitro benzene ring substituents is 1. The molecule has 17 heavy (non-hydrogen) atoms. The van der Waals surface area contributed by atoms with Gasteiger partial charge in [0.15, 0.2) is 0 Å². The molecular weight excluding hydrogens is 226 g/mol. The molecule has 8 nitrogen and oxygen atoms in total. The maximum atomic E-state index is 10.6. The van der Waals surface area contributed by atoms with Crippen molar-refractivity contribution in [2.75, 3.05) is 7.11 Å². The van der Waals surface area contributed by atoms with Crippen LogP contribution in [0.5, 0.6) is 5.75 Å². The van der Waals surface area contributed by atoms with E-state index < -0.39 is 4.92 Å². The van der Waals surface area contributed by atoms with Gasteiger partial charge in [0.05, 0.1) is 18.2 Å². The molecule has 0 radical (unpaired) electrons. The van der Waals surface area contributed by atoms with E-state index in [0.29, 0.717) is 11.3 Å². The number of non-ortho nitro benzene ring substituents is 1. The molecule has 0 aliphatic rings. The Morgan fingerprint density at radius 3 is 2.76 bits per heavy atom. The molecule has 90 valence electrons. The van der Waals surface area contributed by atoms with Crippen LogP contribution in [0.15, 0.2) is 28.4 Å². The quantitative estimate of drug-likeness (QED) is 0.334. The number of hydrogen-bond donors (Lipinski definition) is 2. The number of nitro groups is 1. The molecule has 4 N–H and O–H groups in total. The summed E-state index contributed by atoms with van der Waals surface area (Å²) >= 11 is 0. The largest absolute Gasteiger partial charge is 0.496 e. The third-order valence-corrected chi connectivity index (χ3v) is 1.79. The van der Waals surface area contributed by atoms with E-state index in [4.69, 9.17) is 16.2 Å². The van der Waals surface area contributed by atoms with Gasteiger partial charge in [-0.2, -0.15) is 5.10 Å². The molecule has 0 atom stereocenters. The van der Waals surface area contributed by atoms with Crippen molar-refractivity contribution < 1.29 is 9.66 Å². The molecule has 0 saturated heterocycles. The van der Waals surface area contributed by atoms with Gasteiger partial charge < -0.3 is 16.2 Å². The molecule has 0 fully saturated rings. The van der Waals surface area contributed by atoms with Gasteiger partial charge in [-0.15, -0.1) is 5.10 Å². The zero-order valence-electron chi connectivity index (χ0n) is 9.03. The number of nitrogens with zero attached hydrogens (tertiary/aromatic N) is 3. The summed E-state index contributed by atoms with van der Waals surface area (Å²) in [5, 5.41) is 17.5. The van der Waals surface area contributed by atoms with Gasteiger partial charge in [0, 0.05) is 17.7 Å². The summed E-state index contributed by atoms with van der Waals surface area (Å²) in [7, 11) is 1.44. The average molecular weight is 237 g/mol. The Labute approximate surface area is 96.7 Å². The van der Waals surface area contributed by atoms with E-state index in [0.717, 1.165) is 0 Å². The molecule has 1 aromatic carbocycles. The number of benzene rings is 1. The fraction of sp³-hybridized carbons (Fsp3) is 0.111. The molecule has 1 rings (SSSR count). The van der Waals surface area contributed by atoms with Gasteiger partial charge in [0.25, 0.3) is 5.69 Å². The van der Waals surface area contributed by atoms with Crippen LogP contribution in [0.3, 0.4) is 0 Å². The monoisotopic (exact) mass is 237 g/mol. The van der Waals surface area contributed by atoms with Crippen LogP contribution in [0.2, 0.25) is 0 Å². The van der Waals surface area contributed by atoms with Crippen molar-refractivity contribution in [1.82, 2.24) is 0 Å². The zero-order valence-corrected chi connectivity index (χ0v) is 9.03. The number of rotatable bonds is 4. The Kier molecular flexibility index (Phi) is 3.98. The first-order valence-electron chi connectivity index (χ1n) is 4.49. The Morgan fingerprint density at radius 1 is 1.53 bits per heavy atom. The molecule has 0 saturated carbocycles. The number of ether oxygens (including phenoxy) is 1. The predicted octanol–water partition coefficient (Wildman–Crippen LogP) is 0.211. The second kappa shape index (κ2) is 5.45. The summed E-state index contributed by atoms with van der Waals surface area (Å²) in [6, 6.07) is 4.11. The number of guanidine groups is 1. The van der Waals surface area contributed by atoms with Crippen LogP contribution in [0, 0.1) is 10.1 Å². The first kappa shape index (κ1) is 12.4. The third-order valence-electron chi connectivity index (χ3n) is 1.79. The molecule has 0 aliphatic carbocycles. The van der Waals surface area contributed by atoms with E-state index in [1.54, 1.807) is 0 Å². The third kappa shape index (κ3) is 3.45. The number of nitrogens with two attached hydrogens (primary N) is 2. The minimum absolute atomic E-state index is 0.0723. The van der Waals surface area contributed by atoms with Crippen LogP contribution in [0.4, 0.5) is 5.69 Å². The molecular formula is C9H11N5O3. The highest BCUT2D eigenvalue weighted by molar-refractivity contribution is 5.85. The van der Waals surface area contributed by atoms with Crippen molar-refractivity contribution >= 4 is 17.9 Å². The second-order valence-electron chi connectivity index (χ2n) is 2.95. The molecule has 0 bridgehead atoms. The summed E-state index contributed by atoms with van der Waals surface area (Å²) in [5.74, 6) is 0.232. The molecule has 0 spiro atoms. The zero-order chi connectivity index (χ0) is 12.8. The van der Waals surface area contributed by atoms with Gasteiger partial charge >= 0.3 is 0 Å². The first-order valence-corrected chi connectivity index (χ1v) is 4.49. The van der Waals surface area contributed by atoms with Crippen LogP contribution in [0.1, 0.15) is 5.56 Å². The van der Waals surface area contributed by atoms with Gasteiger partial charge in [-0.1, -0.05) is 0 Å². The minimum atomic E-state index is -0.517. The highest BCUT2D eigenvalue weighted by Gasteiger charge is 2.09. The maximum Gasteiger partial charge on any atom is 0.270 e. The minimum Gasteiger partial charge on any atom is -0.496 e. The lowest BCUT2D eigenvalue weighted by atomic mass is 10.2. The van der Waals surface area contributed by atoms with Crippen molar-refractivity contribution in [1.29, 1.82) is 0 Å². The molecule has 0 aliphatic heterocycles. The predicted molar refractivity (Wildman–Crippen MR) is 63.1 cm³/mol. The van der Waals surface area contributed by atoms with Crippen LogP contribution < -0.4 is 16.2 Å². The van der Waals surface area contributed by atoms with Crippen LogP contribution >= 0.6 is 0 Å². The highest BCUT2D eigenvalue weighted by Crippen LogP contribution is 2.22. The Morgan fingerprint density at radius 2 is 2.24 bits per heavy atom. The summed E-state index contributed by atoms with van der Waals surface area (Å²) in [6.07, 6.45) is 1.27. The molecule has 0 aromatic heterocycles. The van der Waals surface area contributed by atoms with Crippen molar-refractivity contribution in [2.45, 2.75) is 0 Å². The Bertz CT molecular complexity index is 480. The molecule has 8 heteroatoms. The fourth-order valence-electron chi connectivity index (χ4n) is 1.09. The van der Waals surface area contributed by atoms with Crippen LogP contribution in [0.25, 0.3) is 0 Å². The van der Waals surface area contributed by atoms with Gasteiger partial charge in [-0.05, 0) is 6.07 Å². The number of hydrogen-bond acceptors (Lipinski definition) is 5. The van der Waals surface area contributed by atoms with Crippen molar-refractivity contribution in [3.05, 3.63) is 33.9 Å². The smallest absolute Gasteiger partial charge is 0.270 e. The van der Waals surface area contributed by atoms with E-state index in [2.05, 4.69) is 10.2 Å². The van der Waals surface area contributed by atoms with Crippen LogP contribution in [-0.2, 0) is 0 Å². The Balaban J connectivity index is 3.10. The summed E-state index contributed by atoms with van der Waals surface area (Å²) in [5.41, 5.74) is 10.5. The summed E-state index contributed by atoms with van der Waals surface area (Å²) in [6.45, 7) is 0. The van der Waals surface area contributed by atoms with E-state index in [-0.39, 0.29) is 11.6 Å². The average Bonchev–Trinajstić information content (AvgIpc) is 2.28. The highest BCUT2D eigenvalue weighted by atomic mass is 16.6. The topological polar surface area (TPSA) is 129 Å². The van der Waals surface area contributed by atoms with Crippen molar-refractivity contribution in [3.8, 4) is 5.75 Å². The summed E-state index contributed by atoms with van der Waals surface area (Å²) in [4.78, 5) is 10.1. The Hall–Kier alpha value is -2.64. The maximum absolute atomic E-state index is 10.6. The van der Waals surface area contributed by atoms with Crippen molar-refractivity contribution in [2.24, 2.45) is 21.7 Å². The molecule has 0 heterocycles. The van der Waals surface area contributed by atoms with Crippen molar-refractivity contribution in [3.63, 3.8) is 0 Å². The standard InChI is InChI=1S/C9H11N5O3/c1-17-8-3-2-7(14(15)16)4-6(8)5-12-13-9(10)11/h2-5H,1H3,(H4,10,11,13)/b12-5+. The van der Waals surface area contributed by atoms with Gasteiger partial charge in [0.2, 0.25) is 5.96 Å². The molecule has 0 unspecified atom stereocenters. The van der Waals surface area contributed by atoms with E-state index in [1.807, 2.05) is 0 Å². The fourth-order valence-corrected chi connectivity index (χ4v) is 1.09. The lowest BCUT2D eigenvalue weighted by Gasteiger charge is -2.02. The van der Waals surface area contributed by atoms with Gasteiger partial charge in [0.1, 0.15) is 5.75 Å². The summed E-state index contributed by atoms with van der Waals surface area (Å²) < 4.78 is 5.01. The van der Waals surface area contributed by atoms with E-state index in [1.165, 1.54) is 31.5 Å². The number of methoxy groups -OCH3 is 1. The molecule has 1 aromatic rings. The lowest BCUT2D eigenvalue weighted by Crippen LogP contribution is -2.21. The normalized spacial score (nSPS) is 10.2. The van der Waals surface area contributed by atoms with E-state index in [9.17, 15) is 10.1 Å². The second-order valence-corrected chi connectivity index (χ2v) is 2.95. The lowest BCUT2D eigenvalue weighted by molar-refractivity contribution is -0.384. The van der Waals surface area contributed by atoms with Gasteiger partial charge in [-0.25, -0.2) is 0 Å². The molecule has 0 amide bonds. The van der Waals surface area contributed by atoms with E-state index >= 15 is 0 Å². The first-order chi connectivity index (χ1) is 8.04. The SMILES string of the molecule is COc1ccc([N+](=O)[O-])cc1/C=N/N=C(N)N. The van der Waals surface area contributed by atoms with Crippen LogP contribution in [-0.4, -0.2) is 24.2 Å². The van der Waals surface area contributed by atoms with Gasteiger partial charge in [-0.3, -0.25) is 10.1 Å².